The van der Waals surface area contributed by atoms with Crippen LogP contribution in [0.25, 0.3) is 0 Å². The molecule has 1 rings (SSSR count). The summed E-state index contributed by atoms with van der Waals surface area (Å²) in [6.45, 7) is 1.43. The van der Waals surface area contributed by atoms with E-state index in [1.165, 1.54) is 0 Å². The molecular formula is C13H21N3O3. The minimum absolute atomic E-state index is 0.0506. The Hall–Kier alpha value is -1.66. The minimum atomic E-state index is -0.140. The Bertz CT molecular complexity index is 396. The molecule has 0 aromatic carbocycles. The van der Waals surface area contributed by atoms with Crippen molar-refractivity contribution < 1.29 is 14.3 Å². The Labute approximate surface area is 113 Å². The van der Waals surface area contributed by atoms with Crippen LogP contribution in [0.3, 0.4) is 0 Å². The van der Waals surface area contributed by atoms with Crippen LogP contribution in [-0.2, 0) is 20.8 Å². The number of hydrogen-bond acceptors (Lipinski definition) is 5. The highest BCUT2D eigenvalue weighted by atomic mass is 16.5. The summed E-state index contributed by atoms with van der Waals surface area (Å²) < 4.78 is 9.95. The molecule has 0 fully saturated rings. The number of hydrogen-bond donors (Lipinski definition) is 1. The smallest absolute Gasteiger partial charge is 0.246 e. The van der Waals surface area contributed by atoms with Crippen LogP contribution in [-0.4, -0.2) is 51.9 Å². The molecule has 1 aromatic heterocycles. The molecule has 1 aromatic rings. The van der Waals surface area contributed by atoms with Crippen LogP contribution in [0, 0.1) is 0 Å². The topological polar surface area (TPSA) is 63.7 Å². The SMILES string of the molecule is COCCOCC(=O)NCc1ccnc(N(C)C)c1. The van der Waals surface area contributed by atoms with E-state index in [1.807, 2.05) is 31.1 Å². The Morgan fingerprint density at radius 3 is 2.89 bits per heavy atom. The summed E-state index contributed by atoms with van der Waals surface area (Å²) in [5.41, 5.74) is 1.00. The van der Waals surface area contributed by atoms with Gasteiger partial charge in [-0.2, -0.15) is 0 Å². The van der Waals surface area contributed by atoms with Crippen LogP contribution in [0.1, 0.15) is 5.56 Å². The maximum atomic E-state index is 11.5. The van der Waals surface area contributed by atoms with Gasteiger partial charge in [-0.25, -0.2) is 4.98 Å². The Kier molecular flexibility index (Phi) is 6.84. The predicted octanol–water partition coefficient (Wildman–Crippen LogP) is 0.427. The first kappa shape index (κ1) is 15.4. The second-order valence-electron chi connectivity index (χ2n) is 4.24. The zero-order chi connectivity index (χ0) is 14.1. The number of nitrogens with one attached hydrogen (secondary N) is 1. The average molecular weight is 267 g/mol. The van der Waals surface area contributed by atoms with Gasteiger partial charge in [0.1, 0.15) is 12.4 Å². The van der Waals surface area contributed by atoms with Crippen molar-refractivity contribution in [3.8, 4) is 0 Å². The first-order valence-corrected chi connectivity index (χ1v) is 6.09. The monoisotopic (exact) mass is 267 g/mol. The lowest BCUT2D eigenvalue weighted by Gasteiger charge is -2.12. The Balaban J connectivity index is 2.31. The van der Waals surface area contributed by atoms with E-state index in [9.17, 15) is 4.79 Å². The van der Waals surface area contributed by atoms with Gasteiger partial charge >= 0.3 is 0 Å². The van der Waals surface area contributed by atoms with Crippen molar-refractivity contribution in [1.29, 1.82) is 0 Å². The lowest BCUT2D eigenvalue weighted by Crippen LogP contribution is -2.27. The predicted molar refractivity (Wildman–Crippen MR) is 73.1 cm³/mol. The quantitative estimate of drug-likeness (QED) is 0.692. The van der Waals surface area contributed by atoms with Gasteiger partial charge in [0, 0.05) is 33.9 Å². The van der Waals surface area contributed by atoms with Crippen LogP contribution in [0.4, 0.5) is 5.82 Å². The molecule has 6 heteroatoms. The molecule has 0 aliphatic rings. The summed E-state index contributed by atoms with van der Waals surface area (Å²) in [7, 11) is 5.44. The van der Waals surface area contributed by atoms with Gasteiger partial charge in [0.05, 0.1) is 13.2 Å². The average Bonchev–Trinajstić information content (AvgIpc) is 2.41. The number of ether oxygens (including phenoxy) is 2. The molecule has 0 spiro atoms. The highest BCUT2D eigenvalue weighted by Crippen LogP contribution is 2.08. The molecule has 19 heavy (non-hydrogen) atoms. The number of rotatable bonds is 8. The summed E-state index contributed by atoms with van der Waals surface area (Å²) in [6.07, 6.45) is 1.73. The number of methoxy groups -OCH3 is 1. The second-order valence-corrected chi connectivity index (χ2v) is 4.24. The highest BCUT2D eigenvalue weighted by Gasteiger charge is 2.03. The van der Waals surface area contributed by atoms with Crippen molar-refractivity contribution in [2.24, 2.45) is 0 Å². The van der Waals surface area contributed by atoms with Gasteiger partial charge in [0.15, 0.2) is 0 Å². The molecule has 0 aliphatic heterocycles. The van der Waals surface area contributed by atoms with E-state index in [0.29, 0.717) is 19.8 Å². The molecule has 1 amide bonds. The first-order chi connectivity index (χ1) is 9.13. The molecule has 0 atom stereocenters. The molecule has 0 saturated heterocycles. The van der Waals surface area contributed by atoms with Gasteiger partial charge in [-0.05, 0) is 17.7 Å². The van der Waals surface area contributed by atoms with Crippen molar-refractivity contribution in [1.82, 2.24) is 10.3 Å². The van der Waals surface area contributed by atoms with E-state index in [2.05, 4.69) is 10.3 Å². The second kappa shape index (κ2) is 8.44. The van der Waals surface area contributed by atoms with E-state index in [1.54, 1.807) is 13.3 Å². The summed E-state index contributed by atoms with van der Waals surface area (Å²) >= 11 is 0. The normalized spacial score (nSPS) is 10.3. The maximum Gasteiger partial charge on any atom is 0.246 e. The van der Waals surface area contributed by atoms with Gasteiger partial charge in [-0.15, -0.1) is 0 Å². The van der Waals surface area contributed by atoms with E-state index in [0.717, 1.165) is 11.4 Å². The Morgan fingerprint density at radius 2 is 2.21 bits per heavy atom. The number of aromatic nitrogens is 1. The molecule has 0 saturated carbocycles. The van der Waals surface area contributed by atoms with E-state index < -0.39 is 0 Å². The van der Waals surface area contributed by atoms with Crippen molar-refractivity contribution in [2.75, 3.05) is 45.9 Å². The number of carbonyl (C=O) groups is 1. The number of amides is 1. The third-order valence-electron chi connectivity index (χ3n) is 2.42. The molecular weight excluding hydrogens is 246 g/mol. The zero-order valence-electron chi connectivity index (χ0n) is 11.7. The van der Waals surface area contributed by atoms with Gasteiger partial charge in [-0.1, -0.05) is 0 Å². The fourth-order valence-corrected chi connectivity index (χ4v) is 1.37. The fraction of sp³-hybridized carbons (Fsp3) is 0.538. The minimum Gasteiger partial charge on any atom is -0.382 e. The van der Waals surface area contributed by atoms with Crippen LogP contribution in [0.2, 0.25) is 0 Å². The lowest BCUT2D eigenvalue weighted by molar-refractivity contribution is -0.126. The third kappa shape index (κ3) is 6.17. The molecule has 0 bridgehead atoms. The fourth-order valence-electron chi connectivity index (χ4n) is 1.37. The number of carbonyl (C=O) groups excluding carboxylic acids is 1. The number of nitrogens with zero attached hydrogens (tertiary/aromatic N) is 2. The molecule has 106 valence electrons. The summed E-state index contributed by atoms with van der Waals surface area (Å²) in [5.74, 6) is 0.724. The molecule has 0 radical (unpaired) electrons. The summed E-state index contributed by atoms with van der Waals surface area (Å²) in [4.78, 5) is 17.6. The van der Waals surface area contributed by atoms with Crippen molar-refractivity contribution in [3.05, 3.63) is 23.9 Å². The van der Waals surface area contributed by atoms with E-state index in [-0.39, 0.29) is 12.5 Å². The van der Waals surface area contributed by atoms with Crippen LogP contribution in [0.5, 0.6) is 0 Å². The number of pyridine rings is 1. The van der Waals surface area contributed by atoms with Crippen LogP contribution < -0.4 is 10.2 Å². The number of anilines is 1. The molecule has 1 heterocycles. The molecule has 0 unspecified atom stereocenters. The Morgan fingerprint density at radius 1 is 1.42 bits per heavy atom. The maximum absolute atomic E-state index is 11.5. The lowest BCUT2D eigenvalue weighted by atomic mass is 10.2. The molecule has 0 aliphatic carbocycles. The standard InChI is InChI=1S/C13H21N3O3/c1-16(2)12-8-11(4-5-14-12)9-15-13(17)10-19-7-6-18-3/h4-5,8H,6-7,9-10H2,1-3H3,(H,15,17). The summed E-state index contributed by atoms with van der Waals surface area (Å²) in [5, 5.41) is 2.79. The van der Waals surface area contributed by atoms with Gasteiger partial charge in [0.2, 0.25) is 5.91 Å². The first-order valence-electron chi connectivity index (χ1n) is 6.09. The molecule has 6 nitrogen and oxygen atoms in total. The summed E-state index contributed by atoms with van der Waals surface area (Å²) in [6, 6.07) is 3.81. The van der Waals surface area contributed by atoms with Gasteiger partial charge in [-0.3, -0.25) is 4.79 Å². The zero-order valence-corrected chi connectivity index (χ0v) is 11.7. The van der Waals surface area contributed by atoms with Crippen molar-refractivity contribution >= 4 is 11.7 Å². The van der Waals surface area contributed by atoms with Crippen LogP contribution in [0.15, 0.2) is 18.3 Å². The van der Waals surface area contributed by atoms with E-state index >= 15 is 0 Å². The van der Waals surface area contributed by atoms with E-state index in [4.69, 9.17) is 9.47 Å². The highest BCUT2D eigenvalue weighted by molar-refractivity contribution is 5.77. The van der Waals surface area contributed by atoms with Crippen molar-refractivity contribution in [2.45, 2.75) is 6.54 Å². The van der Waals surface area contributed by atoms with Crippen LogP contribution >= 0.6 is 0 Å². The van der Waals surface area contributed by atoms with Crippen molar-refractivity contribution in [3.63, 3.8) is 0 Å². The largest absolute Gasteiger partial charge is 0.382 e. The third-order valence-corrected chi connectivity index (χ3v) is 2.42. The molecule has 1 N–H and O–H groups in total. The van der Waals surface area contributed by atoms with Gasteiger partial charge in [0.25, 0.3) is 0 Å². The van der Waals surface area contributed by atoms with Gasteiger partial charge < -0.3 is 19.7 Å².